The lowest BCUT2D eigenvalue weighted by molar-refractivity contribution is 0.146. The van der Waals surface area contributed by atoms with E-state index in [1.54, 1.807) is 7.11 Å². The minimum absolute atomic E-state index is 0.0722. The Kier molecular flexibility index (Phi) is 4.43. The Morgan fingerprint density at radius 2 is 1.86 bits per heavy atom. The van der Waals surface area contributed by atoms with Crippen molar-refractivity contribution in [2.75, 3.05) is 20.3 Å². The highest BCUT2D eigenvalue weighted by Gasteiger charge is 1.99. The zero-order valence-electron chi connectivity index (χ0n) is 8.69. The second-order valence-corrected chi connectivity index (χ2v) is 3.20. The van der Waals surface area contributed by atoms with Crippen LogP contribution in [0.3, 0.4) is 0 Å². The van der Waals surface area contributed by atoms with E-state index in [9.17, 15) is 0 Å². The molecule has 1 atom stereocenters. The molecular weight excluding hydrogens is 178 g/mol. The van der Waals surface area contributed by atoms with Crippen LogP contribution in [0.4, 0.5) is 0 Å². The molecule has 14 heavy (non-hydrogen) atoms. The molecule has 3 heteroatoms. The molecule has 0 spiro atoms. The molecule has 1 aromatic rings. The van der Waals surface area contributed by atoms with Crippen molar-refractivity contribution in [3.05, 3.63) is 29.8 Å². The molecule has 0 aliphatic rings. The first-order valence-corrected chi connectivity index (χ1v) is 4.71. The highest BCUT2D eigenvalue weighted by atomic mass is 16.5. The standard InChI is InChI=1S/C11H17NO2/c1-9(12)10-3-5-11(6-4-10)14-8-7-13-2/h3-6,9H,7-8,12H2,1-2H3/t9-/m0/s1. The predicted molar refractivity (Wildman–Crippen MR) is 56.4 cm³/mol. The average Bonchev–Trinajstić information content (AvgIpc) is 2.19. The van der Waals surface area contributed by atoms with Gasteiger partial charge < -0.3 is 15.2 Å². The molecule has 78 valence electrons. The van der Waals surface area contributed by atoms with E-state index in [2.05, 4.69) is 0 Å². The lowest BCUT2D eigenvalue weighted by atomic mass is 10.1. The smallest absolute Gasteiger partial charge is 0.119 e. The van der Waals surface area contributed by atoms with E-state index in [1.807, 2.05) is 31.2 Å². The molecule has 0 unspecified atom stereocenters. The van der Waals surface area contributed by atoms with Gasteiger partial charge in [0, 0.05) is 13.2 Å². The van der Waals surface area contributed by atoms with Crippen LogP contribution in [0.25, 0.3) is 0 Å². The SMILES string of the molecule is COCCOc1ccc([C@H](C)N)cc1. The number of ether oxygens (including phenoxy) is 2. The first-order chi connectivity index (χ1) is 6.74. The lowest BCUT2D eigenvalue weighted by Gasteiger charge is -2.08. The monoisotopic (exact) mass is 195 g/mol. The Morgan fingerprint density at radius 1 is 1.21 bits per heavy atom. The topological polar surface area (TPSA) is 44.5 Å². The van der Waals surface area contributed by atoms with Crippen LogP contribution >= 0.6 is 0 Å². The summed E-state index contributed by atoms with van der Waals surface area (Å²) in [4.78, 5) is 0. The van der Waals surface area contributed by atoms with Gasteiger partial charge >= 0.3 is 0 Å². The summed E-state index contributed by atoms with van der Waals surface area (Å²) in [6.45, 7) is 3.14. The Labute approximate surface area is 84.8 Å². The Morgan fingerprint density at radius 3 is 2.36 bits per heavy atom. The van der Waals surface area contributed by atoms with Crippen LogP contribution in [0.2, 0.25) is 0 Å². The number of rotatable bonds is 5. The van der Waals surface area contributed by atoms with Gasteiger partial charge in [0.05, 0.1) is 6.61 Å². The van der Waals surface area contributed by atoms with Crippen LogP contribution in [-0.4, -0.2) is 20.3 Å². The Bertz CT molecular complexity index is 256. The molecule has 3 nitrogen and oxygen atoms in total. The molecule has 0 saturated carbocycles. The van der Waals surface area contributed by atoms with Crippen molar-refractivity contribution in [3.8, 4) is 5.75 Å². The summed E-state index contributed by atoms with van der Waals surface area (Å²) in [6, 6.07) is 7.88. The highest BCUT2D eigenvalue weighted by molar-refractivity contribution is 5.28. The minimum Gasteiger partial charge on any atom is -0.491 e. The van der Waals surface area contributed by atoms with Crippen LogP contribution in [0.5, 0.6) is 5.75 Å². The third-order valence-electron chi connectivity index (χ3n) is 1.96. The van der Waals surface area contributed by atoms with Crippen LogP contribution in [0, 0.1) is 0 Å². The molecule has 0 bridgehead atoms. The third-order valence-corrected chi connectivity index (χ3v) is 1.96. The molecule has 0 amide bonds. The van der Waals surface area contributed by atoms with Crippen molar-refractivity contribution in [1.29, 1.82) is 0 Å². The van der Waals surface area contributed by atoms with Gasteiger partial charge in [-0.25, -0.2) is 0 Å². The van der Waals surface area contributed by atoms with Gasteiger partial charge in [-0.3, -0.25) is 0 Å². The molecule has 0 fully saturated rings. The summed E-state index contributed by atoms with van der Waals surface area (Å²) >= 11 is 0. The Hall–Kier alpha value is -1.06. The predicted octanol–water partition coefficient (Wildman–Crippen LogP) is 1.73. The summed E-state index contributed by atoms with van der Waals surface area (Å²) in [5.74, 6) is 0.853. The lowest BCUT2D eigenvalue weighted by Crippen LogP contribution is -2.06. The van der Waals surface area contributed by atoms with E-state index in [0.29, 0.717) is 13.2 Å². The number of hydrogen-bond acceptors (Lipinski definition) is 3. The first-order valence-electron chi connectivity index (χ1n) is 4.71. The number of benzene rings is 1. The molecular formula is C11H17NO2. The molecule has 1 aromatic carbocycles. The maximum absolute atomic E-state index is 5.72. The summed E-state index contributed by atoms with van der Waals surface area (Å²) in [5, 5.41) is 0. The van der Waals surface area contributed by atoms with Crippen molar-refractivity contribution >= 4 is 0 Å². The summed E-state index contributed by atoms with van der Waals surface area (Å²) in [5.41, 5.74) is 6.84. The zero-order valence-corrected chi connectivity index (χ0v) is 8.69. The maximum Gasteiger partial charge on any atom is 0.119 e. The van der Waals surface area contributed by atoms with Crippen molar-refractivity contribution in [3.63, 3.8) is 0 Å². The van der Waals surface area contributed by atoms with Gasteiger partial charge in [0.2, 0.25) is 0 Å². The zero-order chi connectivity index (χ0) is 10.4. The van der Waals surface area contributed by atoms with Crippen LogP contribution in [0.15, 0.2) is 24.3 Å². The van der Waals surface area contributed by atoms with Gasteiger partial charge in [-0.15, -0.1) is 0 Å². The van der Waals surface area contributed by atoms with E-state index in [1.165, 1.54) is 0 Å². The molecule has 0 radical (unpaired) electrons. The summed E-state index contributed by atoms with van der Waals surface area (Å²) in [6.07, 6.45) is 0. The van der Waals surface area contributed by atoms with Gasteiger partial charge in [-0.2, -0.15) is 0 Å². The van der Waals surface area contributed by atoms with E-state index in [4.69, 9.17) is 15.2 Å². The van der Waals surface area contributed by atoms with Gasteiger partial charge in [0.25, 0.3) is 0 Å². The van der Waals surface area contributed by atoms with Gasteiger partial charge in [-0.1, -0.05) is 12.1 Å². The van der Waals surface area contributed by atoms with E-state index >= 15 is 0 Å². The number of hydrogen-bond donors (Lipinski definition) is 1. The highest BCUT2D eigenvalue weighted by Crippen LogP contribution is 2.15. The average molecular weight is 195 g/mol. The van der Waals surface area contributed by atoms with E-state index < -0.39 is 0 Å². The fourth-order valence-corrected chi connectivity index (χ4v) is 1.11. The van der Waals surface area contributed by atoms with Crippen LogP contribution in [-0.2, 0) is 4.74 Å². The molecule has 0 heterocycles. The molecule has 2 N–H and O–H groups in total. The molecule has 0 aliphatic carbocycles. The molecule has 0 saturated heterocycles. The van der Waals surface area contributed by atoms with Crippen molar-refractivity contribution in [2.24, 2.45) is 5.73 Å². The van der Waals surface area contributed by atoms with Gasteiger partial charge in [0.15, 0.2) is 0 Å². The Balaban J connectivity index is 2.47. The van der Waals surface area contributed by atoms with E-state index in [0.717, 1.165) is 11.3 Å². The van der Waals surface area contributed by atoms with Gasteiger partial charge in [0.1, 0.15) is 12.4 Å². The fraction of sp³-hybridized carbons (Fsp3) is 0.455. The van der Waals surface area contributed by atoms with Crippen molar-refractivity contribution in [2.45, 2.75) is 13.0 Å². The maximum atomic E-state index is 5.72. The van der Waals surface area contributed by atoms with Crippen LogP contribution in [0.1, 0.15) is 18.5 Å². The minimum atomic E-state index is 0.0722. The quantitative estimate of drug-likeness (QED) is 0.728. The normalized spacial score (nSPS) is 12.5. The second-order valence-electron chi connectivity index (χ2n) is 3.20. The summed E-state index contributed by atoms with van der Waals surface area (Å²) < 4.78 is 10.3. The number of methoxy groups -OCH3 is 1. The van der Waals surface area contributed by atoms with Crippen molar-refractivity contribution in [1.82, 2.24) is 0 Å². The van der Waals surface area contributed by atoms with Crippen LogP contribution < -0.4 is 10.5 Å². The first kappa shape index (κ1) is 11.0. The third kappa shape index (κ3) is 3.36. The largest absolute Gasteiger partial charge is 0.491 e. The second kappa shape index (κ2) is 5.62. The number of nitrogens with two attached hydrogens (primary N) is 1. The molecule has 1 rings (SSSR count). The fourth-order valence-electron chi connectivity index (χ4n) is 1.11. The molecule has 0 aliphatic heterocycles. The van der Waals surface area contributed by atoms with Crippen molar-refractivity contribution < 1.29 is 9.47 Å². The molecule has 0 aromatic heterocycles. The van der Waals surface area contributed by atoms with Gasteiger partial charge in [-0.05, 0) is 24.6 Å². The van der Waals surface area contributed by atoms with E-state index in [-0.39, 0.29) is 6.04 Å². The summed E-state index contributed by atoms with van der Waals surface area (Å²) in [7, 11) is 1.66.